The molecule has 2 aliphatic rings. The normalized spacial score (nSPS) is 21.1. The van der Waals surface area contributed by atoms with Gasteiger partial charge in [-0.3, -0.25) is 9.59 Å². The lowest BCUT2D eigenvalue weighted by Crippen LogP contribution is -2.34. The number of unbranched alkanes of at least 4 members (excludes halogenated alkanes) is 13. The fourth-order valence-electron chi connectivity index (χ4n) is 9.04. The van der Waals surface area contributed by atoms with Gasteiger partial charge < -0.3 is 14.4 Å². The molecule has 0 saturated heterocycles. The summed E-state index contributed by atoms with van der Waals surface area (Å²) in [5.74, 6) is 2.21. The molecule has 2 aliphatic carbocycles. The first-order valence-electron chi connectivity index (χ1n) is 22.3. The van der Waals surface area contributed by atoms with Crippen LogP contribution < -0.4 is 0 Å². The average Bonchev–Trinajstić information content (AvgIpc) is 3.82. The summed E-state index contributed by atoms with van der Waals surface area (Å²) in [5.41, 5.74) is 0.216. The Hall–Kier alpha value is -1.47. The number of hydrogen-bond donors (Lipinski definition) is 0. The van der Waals surface area contributed by atoms with E-state index < -0.39 is 0 Å². The van der Waals surface area contributed by atoms with Crippen LogP contribution >= 0.6 is 11.3 Å². The van der Waals surface area contributed by atoms with Crippen molar-refractivity contribution in [2.24, 2.45) is 23.2 Å². The second kappa shape index (κ2) is 27.2. The molecule has 1 heterocycles. The summed E-state index contributed by atoms with van der Waals surface area (Å²) >= 11 is 1.77. The first kappa shape index (κ1) is 44.9. The number of aryl methyl sites for hydroxylation is 1. The Bertz CT molecular complexity index is 1040. The summed E-state index contributed by atoms with van der Waals surface area (Å²) in [6, 6.07) is 0. The molecule has 300 valence electrons. The first-order chi connectivity index (χ1) is 25.4. The standard InChI is InChI=1S/C45H80N2O4S/c1-5-7-15-23-39(24-16-8-6-2)29-35-50-43(48)26-17-11-9-13-20-32-47(34-22-19-25-42-46-31-36-52-42)33-21-14-10-12-18-27-44(49)51-41-37-40-28-30-45(41,4)38(40)3/h31,36,38-41H,5-30,32-35,37H2,1-4H3/t38?,40?,41-,45?/m1/s1. The van der Waals surface area contributed by atoms with Crippen LogP contribution in [-0.2, 0) is 25.5 Å². The quantitative estimate of drug-likeness (QED) is 0.0527. The molecule has 2 saturated carbocycles. The maximum absolute atomic E-state index is 12.6. The lowest BCUT2D eigenvalue weighted by molar-refractivity contribution is -0.155. The third kappa shape index (κ3) is 17.8. The van der Waals surface area contributed by atoms with Crippen molar-refractivity contribution in [3.63, 3.8) is 0 Å². The van der Waals surface area contributed by atoms with Crippen molar-refractivity contribution in [1.29, 1.82) is 0 Å². The van der Waals surface area contributed by atoms with E-state index in [1.807, 2.05) is 6.20 Å². The molecule has 2 fully saturated rings. The Labute approximate surface area is 324 Å². The van der Waals surface area contributed by atoms with Gasteiger partial charge >= 0.3 is 11.9 Å². The fourth-order valence-corrected chi connectivity index (χ4v) is 9.70. The molecule has 0 radical (unpaired) electrons. The molecule has 52 heavy (non-hydrogen) atoms. The molecule has 0 N–H and O–H groups in total. The summed E-state index contributed by atoms with van der Waals surface area (Å²) < 4.78 is 11.7. The lowest BCUT2D eigenvalue weighted by Gasteiger charge is -2.32. The van der Waals surface area contributed by atoms with Crippen LogP contribution in [0.5, 0.6) is 0 Å². The second-order valence-corrected chi connectivity index (χ2v) is 17.9. The zero-order valence-corrected chi connectivity index (χ0v) is 35.1. The zero-order chi connectivity index (χ0) is 37.3. The summed E-state index contributed by atoms with van der Waals surface area (Å²) in [6.07, 6.45) is 33.2. The van der Waals surface area contributed by atoms with Gasteiger partial charge in [-0.15, -0.1) is 11.3 Å². The van der Waals surface area contributed by atoms with Crippen molar-refractivity contribution < 1.29 is 19.1 Å². The molecule has 6 nitrogen and oxygen atoms in total. The summed E-state index contributed by atoms with van der Waals surface area (Å²) in [6.45, 7) is 13.4. The van der Waals surface area contributed by atoms with Gasteiger partial charge in [-0.05, 0) is 108 Å². The highest BCUT2D eigenvalue weighted by Crippen LogP contribution is 2.59. The Morgan fingerprint density at radius 1 is 0.808 bits per heavy atom. The van der Waals surface area contributed by atoms with E-state index >= 15 is 0 Å². The van der Waals surface area contributed by atoms with E-state index in [0.717, 1.165) is 56.8 Å². The largest absolute Gasteiger partial charge is 0.466 e. The van der Waals surface area contributed by atoms with Crippen LogP contribution in [0.2, 0.25) is 0 Å². The van der Waals surface area contributed by atoms with Crippen LogP contribution in [0.25, 0.3) is 0 Å². The van der Waals surface area contributed by atoms with E-state index in [1.165, 1.54) is 140 Å². The molecule has 0 amide bonds. The maximum Gasteiger partial charge on any atom is 0.306 e. The molecule has 1 aromatic rings. The minimum absolute atomic E-state index is 0.00417. The number of nitrogens with zero attached hydrogens (tertiary/aromatic N) is 2. The maximum atomic E-state index is 12.6. The van der Waals surface area contributed by atoms with Crippen molar-refractivity contribution in [1.82, 2.24) is 9.88 Å². The van der Waals surface area contributed by atoms with Crippen molar-refractivity contribution >= 4 is 23.3 Å². The summed E-state index contributed by atoms with van der Waals surface area (Å²) in [5, 5.41) is 3.33. The van der Waals surface area contributed by atoms with Gasteiger partial charge in [-0.1, -0.05) is 118 Å². The zero-order valence-electron chi connectivity index (χ0n) is 34.3. The van der Waals surface area contributed by atoms with Crippen LogP contribution in [-0.4, -0.2) is 54.2 Å². The Morgan fingerprint density at radius 2 is 1.40 bits per heavy atom. The molecular weight excluding hydrogens is 665 g/mol. The number of esters is 2. The molecule has 0 spiro atoms. The molecule has 0 aromatic carbocycles. The number of hydrogen-bond acceptors (Lipinski definition) is 7. The number of thiazole rings is 1. The lowest BCUT2D eigenvalue weighted by atomic mass is 9.80. The number of ether oxygens (including phenoxy) is 2. The highest BCUT2D eigenvalue weighted by atomic mass is 32.1. The van der Waals surface area contributed by atoms with E-state index in [4.69, 9.17) is 9.47 Å². The smallest absolute Gasteiger partial charge is 0.306 e. The minimum Gasteiger partial charge on any atom is -0.466 e. The summed E-state index contributed by atoms with van der Waals surface area (Å²) in [4.78, 5) is 32.1. The Kier molecular flexibility index (Phi) is 23.5. The van der Waals surface area contributed by atoms with Crippen LogP contribution in [0, 0.1) is 23.2 Å². The predicted octanol–water partition coefficient (Wildman–Crippen LogP) is 12.5. The van der Waals surface area contributed by atoms with Crippen LogP contribution in [0.4, 0.5) is 0 Å². The molecule has 1 aromatic heterocycles. The van der Waals surface area contributed by atoms with Crippen LogP contribution in [0.15, 0.2) is 11.6 Å². The topological polar surface area (TPSA) is 68.7 Å². The first-order valence-corrected chi connectivity index (χ1v) is 23.2. The number of fused-ring (bicyclic) bond motifs is 2. The Balaban J connectivity index is 1.22. The third-order valence-electron chi connectivity index (χ3n) is 12.9. The monoisotopic (exact) mass is 745 g/mol. The Morgan fingerprint density at radius 3 is 1.96 bits per heavy atom. The molecule has 4 atom stereocenters. The third-order valence-corrected chi connectivity index (χ3v) is 13.7. The number of carbonyl (C=O) groups excluding carboxylic acids is 2. The number of carbonyl (C=O) groups is 2. The van der Waals surface area contributed by atoms with Gasteiger partial charge in [0.25, 0.3) is 0 Å². The second-order valence-electron chi connectivity index (χ2n) is 16.9. The number of aromatic nitrogens is 1. The molecule has 3 unspecified atom stereocenters. The SMILES string of the molecule is CCCCCC(CCCCC)CCOC(=O)CCCCCCCN(CCCCCCCC(=O)O[C@@H]1CC2CCC1(C)C2C)CCCCc1nccs1. The van der Waals surface area contributed by atoms with Crippen molar-refractivity contribution in [2.75, 3.05) is 26.2 Å². The van der Waals surface area contributed by atoms with Gasteiger partial charge in [-0.25, -0.2) is 4.98 Å². The van der Waals surface area contributed by atoms with Gasteiger partial charge in [0.1, 0.15) is 6.10 Å². The van der Waals surface area contributed by atoms with Crippen molar-refractivity contribution in [3.05, 3.63) is 16.6 Å². The molecular formula is C45H80N2O4S. The van der Waals surface area contributed by atoms with E-state index in [0.29, 0.717) is 25.4 Å². The van der Waals surface area contributed by atoms with Crippen molar-refractivity contribution in [3.8, 4) is 0 Å². The molecule has 7 heteroatoms. The van der Waals surface area contributed by atoms with Gasteiger partial charge in [-0.2, -0.15) is 0 Å². The van der Waals surface area contributed by atoms with Gasteiger partial charge in [0, 0.05) is 29.8 Å². The van der Waals surface area contributed by atoms with Gasteiger partial charge in [0.05, 0.1) is 11.6 Å². The highest BCUT2D eigenvalue weighted by molar-refractivity contribution is 7.09. The fraction of sp³-hybridized carbons (Fsp3) is 0.889. The molecule has 0 aliphatic heterocycles. The average molecular weight is 745 g/mol. The molecule has 2 bridgehead atoms. The van der Waals surface area contributed by atoms with E-state index in [1.54, 1.807) is 11.3 Å². The number of rotatable bonds is 33. The van der Waals surface area contributed by atoms with E-state index in [-0.39, 0.29) is 23.5 Å². The minimum atomic E-state index is 0.00417. The summed E-state index contributed by atoms with van der Waals surface area (Å²) in [7, 11) is 0. The predicted molar refractivity (Wildman–Crippen MR) is 219 cm³/mol. The van der Waals surface area contributed by atoms with Crippen LogP contribution in [0.3, 0.4) is 0 Å². The van der Waals surface area contributed by atoms with Crippen LogP contribution in [0.1, 0.15) is 200 Å². The molecule has 3 rings (SSSR count). The van der Waals surface area contributed by atoms with Crippen molar-refractivity contribution in [2.45, 2.75) is 207 Å². The van der Waals surface area contributed by atoms with E-state index in [9.17, 15) is 9.59 Å². The van der Waals surface area contributed by atoms with Gasteiger partial charge in [0.15, 0.2) is 0 Å². The van der Waals surface area contributed by atoms with E-state index in [2.05, 4.69) is 43.0 Å². The van der Waals surface area contributed by atoms with Gasteiger partial charge in [0.2, 0.25) is 0 Å². The highest BCUT2D eigenvalue weighted by Gasteiger charge is 2.56.